The lowest BCUT2D eigenvalue weighted by Crippen LogP contribution is -2.38. The minimum atomic E-state index is -4.02. The molecule has 1 saturated carbocycles. The van der Waals surface area contributed by atoms with Crippen molar-refractivity contribution in [2.24, 2.45) is 5.92 Å². The summed E-state index contributed by atoms with van der Waals surface area (Å²) in [6, 6.07) is 2.61. The minimum Gasteiger partial charge on any atom is -0.307 e. The highest BCUT2D eigenvalue weighted by atomic mass is 32.1. The molecule has 0 bridgehead atoms. The number of thiophene rings is 1. The quantitative estimate of drug-likeness (QED) is 0.815. The van der Waals surface area contributed by atoms with Crippen LogP contribution in [0, 0.1) is 19.8 Å². The van der Waals surface area contributed by atoms with E-state index in [9.17, 15) is 13.2 Å². The van der Waals surface area contributed by atoms with E-state index in [0.29, 0.717) is 12.8 Å². The van der Waals surface area contributed by atoms with Crippen LogP contribution in [-0.2, 0) is 0 Å². The van der Waals surface area contributed by atoms with Crippen molar-refractivity contribution in [2.75, 3.05) is 0 Å². The maximum Gasteiger partial charge on any atom is 0.391 e. The molecule has 2 rings (SSSR count). The van der Waals surface area contributed by atoms with Gasteiger partial charge in [0.2, 0.25) is 0 Å². The molecule has 0 amide bonds. The first kappa shape index (κ1) is 15.8. The molecule has 1 nitrogen and oxygen atoms in total. The molecule has 0 radical (unpaired) electrons. The molecule has 1 fully saturated rings. The highest BCUT2D eigenvalue weighted by Gasteiger charge is 2.41. The summed E-state index contributed by atoms with van der Waals surface area (Å²) in [5, 5.41) is 3.50. The topological polar surface area (TPSA) is 12.0 Å². The van der Waals surface area contributed by atoms with Crippen molar-refractivity contribution in [3.05, 3.63) is 21.4 Å². The molecular weight excluding hydrogens is 283 g/mol. The van der Waals surface area contributed by atoms with Gasteiger partial charge in [-0.05, 0) is 58.1 Å². The lowest BCUT2D eigenvalue weighted by Gasteiger charge is -2.32. The Bertz CT molecular complexity index is 444. The summed E-state index contributed by atoms with van der Waals surface area (Å²) >= 11 is 1.77. The van der Waals surface area contributed by atoms with Gasteiger partial charge in [-0.3, -0.25) is 0 Å². The molecule has 1 aromatic heterocycles. The van der Waals surface area contributed by atoms with Gasteiger partial charge in [-0.1, -0.05) is 0 Å². The minimum absolute atomic E-state index is 0.211. The maximum atomic E-state index is 12.6. The zero-order valence-corrected chi connectivity index (χ0v) is 13.0. The van der Waals surface area contributed by atoms with Crippen molar-refractivity contribution < 1.29 is 13.2 Å². The third-order valence-electron chi connectivity index (χ3n) is 4.22. The van der Waals surface area contributed by atoms with Crippen molar-refractivity contribution >= 4 is 11.3 Å². The Kier molecular flexibility index (Phi) is 4.80. The highest BCUT2D eigenvalue weighted by Crippen LogP contribution is 2.38. The van der Waals surface area contributed by atoms with Gasteiger partial charge < -0.3 is 5.32 Å². The van der Waals surface area contributed by atoms with E-state index in [1.54, 1.807) is 11.3 Å². The van der Waals surface area contributed by atoms with E-state index in [4.69, 9.17) is 0 Å². The fourth-order valence-electron chi connectivity index (χ4n) is 3.11. The number of aryl methyl sites for hydroxylation is 2. The van der Waals surface area contributed by atoms with Gasteiger partial charge >= 0.3 is 6.18 Å². The number of halogens is 3. The molecule has 1 atom stereocenters. The van der Waals surface area contributed by atoms with Gasteiger partial charge in [-0.15, -0.1) is 11.3 Å². The Labute approximate surface area is 122 Å². The molecule has 0 spiro atoms. The van der Waals surface area contributed by atoms with Crippen LogP contribution in [0.1, 0.15) is 54.0 Å². The van der Waals surface area contributed by atoms with Crippen LogP contribution >= 0.6 is 11.3 Å². The molecular formula is C15H22F3NS. The van der Waals surface area contributed by atoms with Crippen LogP contribution in [0.15, 0.2) is 6.07 Å². The molecule has 0 aliphatic heterocycles. The molecule has 1 aliphatic rings. The molecule has 0 aromatic carbocycles. The second kappa shape index (κ2) is 6.06. The van der Waals surface area contributed by atoms with Crippen molar-refractivity contribution in [3.8, 4) is 0 Å². The second-order valence-corrected chi connectivity index (χ2v) is 7.31. The number of hydrogen-bond acceptors (Lipinski definition) is 2. The van der Waals surface area contributed by atoms with Gasteiger partial charge in [0.15, 0.2) is 0 Å². The number of hydrogen-bond donors (Lipinski definition) is 1. The Morgan fingerprint density at radius 1 is 1.20 bits per heavy atom. The summed E-state index contributed by atoms with van der Waals surface area (Å²) < 4.78 is 37.9. The summed E-state index contributed by atoms with van der Waals surface area (Å²) in [7, 11) is 0. The van der Waals surface area contributed by atoms with Crippen molar-refractivity contribution in [1.29, 1.82) is 0 Å². The lowest BCUT2D eigenvalue weighted by molar-refractivity contribution is -0.182. The van der Waals surface area contributed by atoms with Crippen LogP contribution in [0.3, 0.4) is 0 Å². The van der Waals surface area contributed by atoms with Crippen molar-refractivity contribution in [3.63, 3.8) is 0 Å². The van der Waals surface area contributed by atoms with Crippen LogP contribution in [-0.4, -0.2) is 12.2 Å². The Hall–Kier alpha value is -0.550. The Morgan fingerprint density at radius 2 is 1.80 bits per heavy atom. The second-order valence-electron chi connectivity index (χ2n) is 5.85. The standard InChI is InChI=1S/C15H22F3NS/c1-9-8-14(11(3)20-9)10(2)19-13-6-4-12(5-7-13)15(16,17)18/h8,10,12-13,19H,4-7H2,1-3H3. The van der Waals surface area contributed by atoms with Gasteiger partial charge in [0.05, 0.1) is 5.92 Å². The van der Waals surface area contributed by atoms with Crippen LogP contribution in [0.4, 0.5) is 13.2 Å². The molecule has 114 valence electrons. The summed E-state index contributed by atoms with van der Waals surface area (Å²) in [5.41, 5.74) is 1.28. The molecule has 1 aromatic rings. The molecule has 20 heavy (non-hydrogen) atoms. The van der Waals surface area contributed by atoms with Gasteiger partial charge in [-0.2, -0.15) is 13.2 Å². The number of alkyl halides is 3. The largest absolute Gasteiger partial charge is 0.391 e. The molecule has 0 saturated heterocycles. The summed E-state index contributed by atoms with van der Waals surface area (Å²) in [6.45, 7) is 6.29. The number of rotatable bonds is 3. The predicted molar refractivity (Wildman–Crippen MR) is 77.1 cm³/mol. The van der Waals surface area contributed by atoms with E-state index in [0.717, 1.165) is 0 Å². The molecule has 5 heteroatoms. The summed E-state index contributed by atoms with van der Waals surface area (Å²) in [6.07, 6.45) is -2.25. The average Bonchev–Trinajstić information content (AvgIpc) is 2.68. The van der Waals surface area contributed by atoms with Crippen molar-refractivity contribution in [1.82, 2.24) is 5.32 Å². The summed E-state index contributed by atoms with van der Waals surface area (Å²) in [4.78, 5) is 2.58. The van der Waals surface area contributed by atoms with Gasteiger partial charge in [0.25, 0.3) is 0 Å². The highest BCUT2D eigenvalue weighted by molar-refractivity contribution is 7.12. The summed E-state index contributed by atoms with van der Waals surface area (Å²) in [5.74, 6) is -1.10. The third-order valence-corrected chi connectivity index (χ3v) is 5.20. The zero-order valence-electron chi connectivity index (χ0n) is 12.2. The third kappa shape index (κ3) is 3.76. The fraction of sp³-hybridized carbons (Fsp3) is 0.733. The van der Waals surface area contributed by atoms with E-state index in [1.165, 1.54) is 15.3 Å². The van der Waals surface area contributed by atoms with Crippen LogP contribution in [0.2, 0.25) is 0 Å². The fourth-order valence-corrected chi connectivity index (χ4v) is 4.13. The van der Waals surface area contributed by atoms with E-state index >= 15 is 0 Å². The van der Waals surface area contributed by atoms with Crippen molar-refractivity contribution in [2.45, 2.75) is 64.7 Å². The maximum absolute atomic E-state index is 12.6. The smallest absolute Gasteiger partial charge is 0.307 e. The van der Waals surface area contributed by atoms with Gasteiger partial charge in [0, 0.05) is 21.8 Å². The van der Waals surface area contributed by atoms with E-state index in [2.05, 4.69) is 32.2 Å². The van der Waals surface area contributed by atoms with Gasteiger partial charge in [0.1, 0.15) is 0 Å². The zero-order chi connectivity index (χ0) is 14.9. The van der Waals surface area contributed by atoms with E-state index in [-0.39, 0.29) is 24.9 Å². The molecule has 1 N–H and O–H groups in total. The first-order chi connectivity index (χ1) is 9.27. The normalized spacial score (nSPS) is 25.7. The Morgan fingerprint density at radius 3 is 2.25 bits per heavy atom. The van der Waals surface area contributed by atoms with Crippen LogP contribution < -0.4 is 5.32 Å². The average molecular weight is 305 g/mol. The van der Waals surface area contributed by atoms with Crippen LogP contribution in [0.25, 0.3) is 0 Å². The van der Waals surface area contributed by atoms with E-state index in [1.807, 2.05) is 0 Å². The molecule has 1 aliphatic carbocycles. The monoisotopic (exact) mass is 305 g/mol. The number of nitrogens with one attached hydrogen (secondary N) is 1. The molecule has 1 unspecified atom stereocenters. The Balaban J connectivity index is 1.88. The predicted octanol–water partition coefficient (Wildman–Crippen LogP) is 5.14. The first-order valence-electron chi connectivity index (χ1n) is 7.17. The molecule has 1 heterocycles. The lowest BCUT2D eigenvalue weighted by atomic mass is 9.85. The van der Waals surface area contributed by atoms with E-state index < -0.39 is 12.1 Å². The van der Waals surface area contributed by atoms with Crippen LogP contribution in [0.5, 0.6) is 0 Å². The van der Waals surface area contributed by atoms with Gasteiger partial charge in [-0.25, -0.2) is 0 Å². The first-order valence-corrected chi connectivity index (χ1v) is 7.98. The SMILES string of the molecule is Cc1cc(C(C)NC2CCC(C(F)(F)F)CC2)c(C)s1.